The number of nitrogens with zero attached hydrogens (tertiary/aromatic N) is 1. The number of carbonyl (C=O) groups excluding carboxylic acids is 1. The summed E-state index contributed by atoms with van der Waals surface area (Å²) in [5.74, 6) is -1.54. The lowest BCUT2D eigenvalue weighted by Crippen LogP contribution is -2.41. The van der Waals surface area contributed by atoms with Crippen molar-refractivity contribution in [2.45, 2.75) is 12.8 Å². The Morgan fingerprint density at radius 2 is 2.10 bits per heavy atom. The van der Waals surface area contributed by atoms with E-state index in [1.807, 2.05) is 0 Å². The van der Waals surface area contributed by atoms with Crippen LogP contribution in [0.1, 0.15) is 18.4 Å². The summed E-state index contributed by atoms with van der Waals surface area (Å²) in [6.07, 6.45) is 4.32. The van der Waals surface area contributed by atoms with Crippen molar-refractivity contribution in [1.82, 2.24) is 4.90 Å². The third-order valence-corrected chi connectivity index (χ3v) is 4.30. The summed E-state index contributed by atoms with van der Waals surface area (Å²) in [5.41, 5.74) is 0.657. The number of halogens is 2. The van der Waals surface area contributed by atoms with Gasteiger partial charge >= 0.3 is 5.97 Å². The summed E-state index contributed by atoms with van der Waals surface area (Å²) in [6.45, 7) is 0.831. The van der Waals surface area contributed by atoms with Gasteiger partial charge in [0.2, 0.25) is 5.91 Å². The van der Waals surface area contributed by atoms with Crippen LogP contribution in [-0.4, -0.2) is 35.0 Å². The first kappa shape index (κ1) is 15.9. The lowest BCUT2D eigenvalue weighted by atomic mass is 9.98. The van der Waals surface area contributed by atoms with Crippen molar-refractivity contribution < 1.29 is 14.7 Å². The fraction of sp³-hybridized carbons (Fsp3) is 0.333. The third-order valence-electron chi connectivity index (χ3n) is 3.47. The van der Waals surface area contributed by atoms with Crippen molar-refractivity contribution in [3.8, 4) is 0 Å². The topological polar surface area (TPSA) is 57.6 Å². The Morgan fingerprint density at radius 1 is 1.33 bits per heavy atom. The molecule has 112 valence electrons. The highest BCUT2D eigenvalue weighted by molar-refractivity contribution is 6.42. The van der Waals surface area contributed by atoms with Gasteiger partial charge in [-0.05, 0) is 30.5 Å². The van der Waals surface area contributed by atoms with Crippen LogP contribution in [0.15, 0.2) is 24.3 Å². The molecule has 1 amide bonds. The number of carboxylic acids is 1. The smallest absolute Gasteiger partial charge is 0.308 e. The van der Waals surface area contributed by atoms with Crippen LogP contribution in [0.3, 0.4) is 0 Å². The highest BCUT2D eigenvalue weighted by Crippen LogP contribution is 2.26. The molecule has 1 unspecified atom stereocenters. The van der Waals surface area contributed by atoms with Gasteiger partial charge in [0.25, 0.3) is 0 Å². The molecule has 0 aromatic heterocycles. The van der Waals surface area contributed by atoms with E-state index in [0.717, 1.165) is 0 Å². The van der Waals surface area contributed by atoms with Crippen molar-refractivity contribution in [2.75, 3.05) is 13.1 Å². The van der Waals surface area contributed by atoms with Crippen LogP contribution < -0.4 is 0 Å². The molecule has 0 aliphatic carbocycles. The lowest BCUT2D eigenvalue weighted by molar-refractivity contribution is -0.144. The highest BCUT2D eigenvalue weighted by Gasteiger charge is 2.27. The van der Waals surface area contributed by atoms with Crippen molar-refractivity contribution in [3.05, 3.63) is 39.9 Å². The molecule has 1 aromatic rings. The van der Waals surface area contributed by atoms with E-state index in [1.165, 1.54) is 6.08 Å². The van der Waals surface area contributed by atoms with Crippen LogP contribution in [-0.2, 0) is 9.59 Å². The molecule has 4 nitrogen and oxygen atoms in total. The highest BCUT2D eigenvalue weighted by atomic mass is 35.5. The quantitative estimate of drug-likeness (QED) is 0.866. The molecule has 1 saturated heterocycles. The number of benzene rings is 1. The molecule has 1 aliphatic rings. The van der Waals surface area contributed by atoms with Crippen LogP contribution in [0.4, 0.5) is 0 Å². The summed E-state index contributed by atoms with van der Waals surface area (Å²) in [6, 6.07) is 5.18. The Labute approximate surface area is 133 Å². The number of piperidine rings is 1. The van der Waals surface area contributed by atoms with Crippen molar-refractivity contribution in [3.63, 3.8) is 0 Å². The fourth-order valence-electron chi connectivity index (χ4n) is 2.29. The molecule has 2 rings (SSSR count). The maximum absolute atomic E-state index is 12.1. The molecule has 1 aromatic carbocycles. The van der Waals surface area contributed by atoms with E-state index >= 15 is 0 Å². The Kier molecular flexibility index (Phi) is 5.26. The van der Waals surface area contributed by atoms with Crippen LogP contribution >= 0.6 is 23.2 Å². The van der Waals surface area contributed by atoms with Crippen molar-refractivity contribution in [1.29, 1.82) is 0 Å². The number of likely N-dealkylation sites (tertiary alicyclic amines) is 1. The third kappa shape index (κ3) is 3.99. The molecule has 1 fully saturated rings. The van der Waals surface area contributed by atoms with Gasteiger partial charge in [0.05, 0.1) is 16.0 Å². The first-order valence-electron chi connectivity index (χ1n) is 6.63. The van der Waals surface area contributed by atoms with Crippen LogP contribution in [0, 0.1) is 5.92 Å². The SMILES string of the molecule is O=C(O)C1CCCN(C(=O)/C=C/c2cccc(Cl)c2Cl)C1. The van der Waals surface area contributed by atoms with Gasteiger partial charge in [-0.25, -0.2) is 0 Å². The zero-order chi connectivity index (χ0) is 15.4. The molecule has 0 saturated carbocycles. The Balaban J connectivity index is 2.05. The lowest BCUT2D eigenvalue weighted by Gasteiger charge is -2.29. The van der Waals surface area contributed by atoms with E-state index in [9.17, 15) is 9.59 Å². The molecule has 0 radical (unpaired) electrons. The molecule has 1 aliphatic heterocycles. The second-order valence-electron chi connectivity index (χ2n) is 4.94. The standard InChI is InChI=1S/C15H15Cl2NO3/c16-12-5-1-3-10(14(12)17)6-7-13(19)18-8-2-4-11(9-18)15(20)21/h1,3,5-7,11H,2,4,8-9H2,(H,20,21)/b7-6+. The number of rotatable bonds is 3. The summed E-state index contributed by atoms with van der Waals surface area (Å²) >= 11 is 11.9. The zero-order valence-corrected chi connectivity index (χ0v) is 12.8. The normalized spacial score (nSPS) is 19.0. The van der Waals surface area contributed by atoms with Crippen molar-refractivity contribution >= 4 is 41.2 Å². The Bertz CT molecular complexity index is 586. The summed E-state index contributed by atoms with van der Waals surface area (Å²) < 4.78 is 0. The fourth-order valence-corrected chi connectivity index (χ4v) is 2.67. The van der Waals surface area contributed by atoms with Crippen molar-refractivity contribution in [2.24, 2.45) is 5.92 Å². The average molecular weight is 328 g/mol. The number of carbonyl (C=O) groups is 2. The van der Waals surface area contributed by atoms with Gasteiger partial charge in [-0.1, -0.05) is 35.3 Å². The second kappa shape index (κ2) is 6.96. The van der Waals surface area contributed by atoms with Crippen LogP contribution in [0.5, 0.6) is 0 Å². The summed E-state index contributed by atoms with van der Waals surface area (Å²) in [5, 5.41) is 9.84. The van der Waals surface area contributed by atoms with Gasteiger partial charge in [-0.15, -0.1) is 0 Å². The van der Waals surface area contributed by atoms with E-state index in [4.69, 9.17) is 28.3 Å². The summed E-state index contributed by atoms with van der Waals surface area (Å²) in [4.78, 5) is 24.7. The largest absolute Gasteiger partial charge is 0.481 e. The van der Waals surface area contributed by atoms with Gasteiger partial charge in [0.15, 0.2) is 0 Å². The Morgan fingerprint density at radius 3 is 2.81 bits per heavy atom. The minimum absolute atomic E-state index is 0.211. The van der Waals surface area contributed by atoms with E-state index in [1.54, 1.807) is 29.2 Å². The molecule has 1 N–H and O–H groups in total. The molecule has 21 heavy (non-hydrogen) atoms. The number of carboxylic acid groups (broad SMARTS) is 1. The Hall–Kier alpha value is -1.52. The van der Waals surface area contributed by atoms with Gasteiger partial charge in [-0.3, -0.25) is 9.59 Å². The van der Waals surface area contributed by atoms with E-state index < -0.39 is 11.9 Å². The monoisotopic (exact) mass is 327 g/mol. The molecule has 1 atom stereocenters. The van der Waals surface area contributed by atoms with E-state index in [0.29, 0.717) is 35.0 Å². The molecular weight excluding hydrogens is 313 g/mol. The number of hydrogen-bond acceptors (Lipinski definition) is 2. The van der Waals surface area contributed by atoms with Crippen LogP contribution in [0.2, 0.25) is 10.0 Å². The predicted octanol–water partition coefficient (Wildman–Crippen LogP) is 3.33. The minimum atomic E-state index is -0.852. The first-order chi connectivity index (χ1) is 9.99. The van der Waals surface area contributed by atoms with Gasteiger partial charge in [0, 0.05) is 19.2 Å². The molecule has 1 heterocycles. The number of amides is 1. The molecular formula is C15H15Cl2NO3. The maximum atomic E-state index is 12.1. The molecule has 0 bridgehead atoms. The van der Waals surface area contributed by atoms with E-state index in [-0.39, 0.29) is 12.5 Å². The average Bonchev–Trinajstić information content (AvgIpc) is 2.48. The first-order valence-corrected chi connectivity index (χ1v) is 7.38. The number of aliphatic carboxylic acids is 1. The second-order valence-corrected chi connectivity index (χ2v) is 5.72. The van der Waals surface area contributed by atoms with Gasteiger partial charge in [0.1, 0.15) is 0 Å². The van der Waals surface area contributed by atoms with Gasteiger partial charge < -0.3 is 10.0 Å². The predicted molar refractivity (Wildman–Crippen MR) is 82.4 cm³/mol. The minimum Gasteiger partial charge on any atom is -0.481 e. The summed E-state index contributed by atoms with van der Waals surface area (Å²) in [7, 11) is 0. The van der Waals surface area contributed by atoms with Crippen LogP contribution in [0.25, 0.3) is 6.08 Å². The molecule has 0 spiro atoms. The van der Waals surface area contributed by atoms with E-state index in [2.05, 4.69) is 0 Å². The zero-order valence-electron chi connectivity index (χ0n) is 11.3. The number of hydrogen-bond donors (Lipinski definition) is 1. The molecule has 6 heteroatoms. The van der Waals surface area contributed by atoms with Gasteiger partial charge in [-0.2, -0.15) is 0 Å². The maximum Gasteiger partial charge on any atom is 0.308 e.